The van der Waals surface area contributed by atoms with Gasteiger partial charge in [0.25, 0.3) is 17.7 Å². The van der Waals surface area contributed by atoms with Crippen LogP contribution in [0.2, 0.25) is 0 Å². The van der Waals surface area contributed by atoms with Crippen molar-refractivity contribution in [3.63, 3.8) is 0 Å². The molecule has 700 valence electrons. The zero-order valence-corrected chi connectivity index (χ0v) is 72.9. The molecular weight excluding hydrogens is 1810 g/mol. The first-order chi connectivity index (χ1) is 67.2. The standard InChI is InChI=1S/2C34H25F2N3O8.C32H25F2N3O7/c2*1-43-34(42)46-17-45-32-23(40)12-13-38-30(32)33(41)37-14-15-44-16-25(37)39(38)29-18-6-2-3-7-19(18)31-27(20-8-4-5-9-24(20)47-31)26-21(29)10-11-22(35)28(26)36;1-41-32(40)44-17-43-30-24(38)12-13-36-29(30)31(39)35-14-15-42-16-25(35)37(36)28-21-9-5-3-7-19(21)18-6-2-4-8-20(18)26-22(28)10-11-23(33)27(26)34/h2*2-13,25,29H,14-17H2,1H3;2-13,25,28H,14-17H2,1H3/t25-,29-;;25-,28-/m1.1/s1. The second-order valence-corrected chi connectivity index (χ2v) is 32.6. The summed E-state index contributed by atoms with van der Waals surface area (Å²) in [4.78, 5) is 121. The van der Waals surface area contributed by atoms with Crippen molar-refractivity contribution >= 4 is 58.1 Å². The van der Waals surface area contributed by atoms with Gasteiger partial charge in [-0.2, -0.15) is 0 Å². The van der Waals surface area contributed by atoms with Crippen molar-refractivity contribution in [3.05, 3.63) is 335 Å². The molecule has 3 saturated heterocycles. The van der Waals surface area contributed by atoms with Crippen LogP contribution in [0.3, 0.4) is 0 Å². The molecule has 0 radical (unpaired) electrons. The number of nitrogens with zero attached hydrogens (tertiary/aromatic N) is 9. The molecule has 0 spiro atoms. The number of ether oxygens (including phenoxy) is 12. The first-order valence-corrected chi connectivity index (χ1v) is 43.3. The van der Waals surface area contributed by atoms with Gasteiger partial charge >= 0.3 is 18.5 Å². The topological polar surface area (TPSA) is 325 Å². The van der Waals surface area contributed by atoms with Crippen LogP contribution in [-0.4, -0.2) is 184 Å². The van der Waals surface area contributed by atoms with E-state index in [0.717, 1.165) is 50.7 Å². The number of furan rings is 2. The van der Waals surface area contributed by atoms with Crippen LogP contribution in [0.5, 0.6) is 17.2 Å². The number of carbonyl (C=O) groups is 6. The largest absolute Gasteiger partial charge is 0.510 e. The highest BCUT2D eigenvalue weighted by Crippen LogP contribution is 2.57. The van der Waals surface area contributed by atoms with E-state index in [9.17, 15) is 47.5 Å². The van der Waals surface area contributed by atoms with Gasteiger partial charge in [0.15, 0.2) is 52.0 Å². The Kier molecular flexibility index (Phi) is 22.7. The fourth-order valence-electron chi connectivity index (χ4n) is 19.9. The molecule has 138 heavy (non-hydrogen) atoms. The number of pyridine rings is 3. The maximum Gasteiger partial charge on any atom is 0.510 e. The van der Waals surface area contributed by atoms with E-state index in [-0.39, 0.29) is 110 Å². The van der Waals surface area contributed by atoms with Crippen LogP contribution in [0.1, 0.15) is 83.0 Å². The summed E-state index contributed by atoms with van der Waals surface area (Å²) in [6.07, 6.45) is -1.01. The molecule has 0 bridgehead atoms. The second-order valence-electron chi connectivity index (χ2n) is 32.6. The van der Waals surface area contributed by atoms with Crippen molar-refractivity contribution < 1.29 is 121 Å². The van der Waals surface area contributed by atoms with Crippen LogP contribution < -0.4 is 45.5 Å². The number of amides is 3. The number of halogens is 6. The lowest BCUT2D eigenvalue weighted by Crippen LogP contribution is -2.66. The molecule has 32 nitrogen and oxygen atoms in total. The number of fused-ring (bicyclic) bond motifs is 25. The predicted molar refractivity (Wildman–Crippen MR) is 477 cm³/mol. The molecule has 3 amide bonds. The van der Waals surface area contributed by atoms with E-state index >= 15 is 22.0 Å². The quantitative estimate of drug-likeness (QED) is 0.0474. The molecule has 0 saturated carbocycles. The summed E-state index contributed by atoms with van der Waals surface area (Å²) in [6.45, 7) is -0.601. The summed E-state index contributed by atoms with van der Waals surface area (Å²) < 4.78 is 173. The minimum absolute atomic E-state index is 0.0110. The third kappa shape index (κ3) is 14.4. The molecule has 0 N–H and O–H groups in total. The van der Waals surface area contributed by atoms with Crippen molar-refractivity contribution in [2.24, 2.45) is 0 Å². The van der Waals surface area contributed by atoms with Crippen LogP contribution in [0.15, 0.2) is 242 Å². The zero-order valence-electron chi connectivity index (χ0n) is 72.9. The van der Waals surface area contributed by atoms with Crippen molar-refractivity contribution in [1.82, 2.24) is 28.7 Å². The highest BCUT2D eigenvalue weighted by atomic mass is 19.2. The van der Waals surface area contributed by atoms with Gasteiger partial charge in [-0.15, -0.1) is 0 Å². The molecule has 3 fully saturated rings. The molecule has 9 aromatic carbocycles. The highest BCUT2D eigenvalue weighted by Gasteiger charge is 2.53. The minimum Gasteiger partial charge on any atom is -0.455 e. The third-order valence-electron chi connectivity index (χ3n) is 25.6. The first kappa shape index (κ1) is 88.0. The fraction of sp³-hybridized carbons (Fsp3) is 0.210. The summed E-state index contributed by atoms with van der Waals surface area (Å²) in [5, 5.41) is 6.62. The van der Waals surface area contributed by atoms with Crippen LogP contribution in [0.4, 0.5) is 40.7 Å². The van der Waals surface area contributed by atoms with Gasteiger partial charge in [-0.25, -0.2) is 40.7 Å². The van der Waals surface area contributed by atoms with Gasteiger partial charge in [-0.1, -0.05) is 152 Å². The lowest BCUT2D eigenvalue weighted by Gasteiger charge is -2.51. The molecule has 9 aliphatic rings. The Morgan fingerprint density at radius 3 is 1.00 bits per heavy atom. The SMILES string of the molecule is COC(=O)OCOc1c2n(ccc1=O)N(C1c3ccccc3-c3oc4ccccc4c3-c3c1ccc(F)c3F)C1COCCN1C2=O.COC(=O)OCOc1c2n(ccc1=O)N([C@@H]1c3ccccc3-c3ccccc3-c3c1ccc(F)c3F)[C@@H]1COCCN1C2=O.COC(=O)OCOc1c2n(ccc1=O)N([C@@H]1c3ccccc3-c3oc4ccccc4c3-c3c1ccc(F)c3F)[C@@H]1COCCN1C2=O. The van der Waals surface area contributed by atoms with Crippen molar-refractivity contribution in [2.75, 3.05) is 116 Å². The summed E-state index contributed by atoms with van der Waals surface area (Å²) in [5.41, 5.74) is 6.23. The normalized spacial score (nSPS) is 18.1. The fourth-order valence-corrected chi connectivity index (χ4v) is 19.9. The summed E-state index contributed by atoms with van der Waals surface area (Å²) in [7, 11) is 3.36. The van der Waals surface area contributed by atoms with E-state index in [4.69, 9.17) is 51.5 Å². The van der Waals surface area contributed by atoms with Gasteiger partial charge in [-0.05, 0) is 80.4 Å². The zero-order chi connectivity index (χ0) is 95.3. The molecule has 38 heteroatoms. The van der Waals surface area contributed by atoms with Crippen LogP contribution in [-0.2, 0) is 42.6 Å². The van der Waals surface area contributed by atoms with E-state index < -0.39 is 144 Å². The molecule has 2 unspecified atom stereocenters. The monoisotopic (exact) mass is 1880 g/mol. The average molecular weight is 1880 g/mol. The summed E-state index contributed by atoms with van der Waals surface area (Å²) in [6, 6.07) is 52.8. The number of morpholine rings is 3. The van der Waals surface area contributed by atoms with Gasteiger partial charge in [0.05, 0.1) is 79.1 Å². The maximum atomic E-state index is 16.3. The molecule has 6 atom stereocenters. The van der Waals surface area contributed by atoms with E-state index in [1.807, 2.05) is 89.9 Å². The lowest BCUT2D eigenvalue weighted by molar-refractivity contribution is -0.0210. The van der Waals surface area contributed by atoms with Crippen molar-refractivity contribution in [3.8, 4) is 84.4 Å². The Morgan fingerprint density at radius 1 is 0.333 bits per heavy atom. The Hall–Kier alpha value is -16.6. The highest BCUT2D eigenvalue weighted by molar-refractivity contribution is 6.07. The van der Waals surface area contributed by atoms with Crippen LogP contribution in [0.25, 0.3) is 89.1 Å². The second kappa shape index (κ2) is 35.7. The van der Waals surface area contributed by atoms with Crippen LogP contribution >= 0.6 is 0 Å². The Morgan fingerprint density at radius 2 is 0.638 bits per heavy atom. The van der Waals surface area contributed by atoms with E-state index in [1.54, 1.807) is 91.4 Å². The summed E-state index contributed by atoms with van der Waals surface area (Å²) in [5.74, 6) is -8.05. The molecule has 23 rings (SSSR count). The molecule has 3 aliphatic carbocycles. The maximum absolute atomic E-state index is 16.3. The number of para-hydroxylation sites is 2. The smallest absolute Gasteiger partial charge is 0.455 e. The van der Waals surface area contributed by atoms with Gasteiger partial charge in [-0.3, -0.25) is 57.8 Å². The number of aromatic nitrogens is 3. The number of rotatable bonds is 12. The van der Waals surface area contributed by atoms with Gasteiger partial charge in [0.1, 0.15) is 41.2 Å². The first-order valence-electron chi connectivity index (χ1n) is 43.3. The minimum atomic E-state index is -1.05. The van der Waals surface area contributed by atoms with E-state index in [1.165, 1.54) is 63.0 Å². The van der Waals surface area contributed by atoms with Gasteiger partial charge < -0.3 is 80.4 Å². The summed E-state index contributed by atoms with van der Waals surface area (Å²) >= 11 is 0. The molecule has 11 heterocycles. The number of hydrogen-bond acceptors (Lipinski definition) is 26. The average Bonchev–Trinajstić information content (AvgIpc) is 1.47. The molecule has 14 aromatic rings. The lowest BCUT2D eigenvalue weighted by atomic mass is 9.91. The van der Waals surface area contributed by atoms with E-state index in [2.05, 4.69) is 14.2 Å². The number of hydrogen-bond donors (Lipinski definition) is 0. The number of carbonyl (C=O) groups excluding carboxylic acids is 6. The predicted octanol–water partition coefficient (Wildman–Crippen LogP) is 14.8. The molecular formula is C100H75F6N9O23. The third-order valence-corrected chi connectivity index (χ3v) is 25.6. The Labute approximate surface area is 775 Å². The Balaban J connectivity index is 0.000000123. The van der Waals surface area contributed by atoms with E-state index in [0.29, 0.717) is 94.7 Å². The molecule has 5 aromatic heterocycles. The van der Waals surface area contributed by atoms with Gasteiger partial charge in [0, 0.05) is 106 Å². The van der Waals surface area contributed by atoms with Crippen molar-refractivity contribution in [1.29, 1.82) is 0 Å². The van der Waals surface area contributed by atoms with Gasteiger partial charge in [0.2, 0.25) is 53.9 Å². The molecule has 6 aliphatic heterocycles. The number of methoxy groups -OCH3 is 3. The Bertz CT molecular complexity index is 7290. The van der Waals surface area contributed by atoms with Crippen LogP contribution in [0, 0.1) is 34.9 Å². The number of benzene rings is 9. The van der Waals surface area contributed by atoms with Crippen molar-refractivity contribution in [2.45, 2.75) is 36.6 Å².